The fourth-order valence-electron chi connectivity index (χ4n) is 3.99. The number of rotatable bonds is 7. The van der Waals surface area contributed by atoms with Crippen molar-refractivity contribution < 1.29 is 13.2 Å². The summed E-state index contributed by atoms with van der Waals surface area (Å²) in [4.78, 5) is 9.40. The zero-order chi connectivity index (χ0) is 24.3. The predicted molar refractivity (Wildman–Crippen MR) is 133 cm³/mol. The Morgan fingerprint density at radius 3 is 2.29 bits per heavy atom. The number of aryl methyl sites for hydroxylation is 1. The van der Waals surface area contributed by atoms with Crippen LogP contribution in [0.5, 0.6) is 0 Å². The molecule has 3 aromatic carbocycles. The summed E-state index contributed by atoms with van der Waals surface area (Å²) in [5, 5.41) is 4.26. The Kier molecular flexibility index (Phi) is 6.87. The summed E-state index contributed by atoms with van der Waals surface area (Å²) in [5.74, 6) is 1.52. The Morgan fingerprint density at radius 1 is 0.853 bits per heavy atom. The van der Waals surface area contributed by atoms with Gasteiger partial charge in [-0.1, -0.05) is 56.3 Å². The second-order valence-corrected chi connectivity index (χ2v) is 8.99. The fourth-order valence-corrected chi connectivity index (χ4v) is 3.99. The number of hydrogen-bond donors (Lipinski definition) is 1. The lowest BCUT2D eigenvalue weighted by molar-refractivity contribution is -0.137. The van der Waals surface area contributed by atoms with E-state index in [4.69, 9.17) is 9.97 Å². The number of halogens is 3. The first kappa shape index (κ1) is 23.7. The van der Waals surface area contributed by atoms with E-state index >= 15 is 0 Å². The van der Waals surface area contributed by atoms with E-state index in [-0.39, 0.29) is 5.82 Å². The van der Waals surface area contributed by atoms with E-state index in [2.05, 4.69) is 19.2 Å². The summed E-state index contributed by atoms with van der Waals surface area (Å²) >= 11 is 0. The van der Waals surface area contributed by atoms with Gasteiger partial charge in [0.25, 0.3) is 0 Å². The van der Waals surface area contributed by atoms with Gasteiger partial charge in [0.05, 0.1) is 11.1 Å². The lowest BCUT2D eigenvalue weighted by atomic mass is 9.99. The molecule has 0 unspecified atom stereocenters. The van der Waals surface area contributed by atoms with Gasteiger partial charge in [0.15, 0.2) is 5.82 Å². The fraction of sp³-hybridized carbons (Fsp3) is 0.286. The molecule has 0 saturated carbocycles. The Hall–Kier alpha value is -3.41. The van der Waals surface area contributed by atoms with Gasteiger partial charge in [0.1, 0.15) is 5.82 Å². The van der Waals surface area contributed by atoms with Gasteiger partial charge in [-0.2, -0.15) is 13.2 Å². The zero-order valence-corrected chi connectivity index (χ0v) is 19.6. The van der Waals surface area contributed by atoms with Gasteiger partial charge in [-0.3, -0.25) is 0 Å². The van der Waals surface area contributed by atoms with Crippen LogP contribution in [0.2, 0.25) is 0 Å². The Balaban J connectivity index is 1.84. The minimum atomic E-state index is -4.48. The molecule has 0 saturated heterocycles. The molecular weight excluding hydrogens is 435 g/mol. The standard InChI is InChI=1S/C28H28F3N3/c1-18(2)9-8-14-32-27-24-13-7-10-19(3)25(24)33-26(34-27)22-15-21(20-11-5-4-6-12-20)16-23(17-22)28(29,30)31/h4-7,10-13,15-18H,8-9,14H2,1-3H3,(H,32,33,34). The van der Waals surface area contributed by atoms with Crippen LogP contribution < -0.4 is 5.32 Å². The molecule has 6 heteroatoms. The smallest absolute Gasteiger partial charge is 0.369 e. The Morgan fingerprint density at radius 2 is 1.59 bits per heavy atom. The predicted octanol–water partition coefficient (Wildman–Crippen LogP) is 8.14. The van der Waals surface area contributed by atoms with Crippen LogP contribution in [0.1, 0.15) is 37.8 Å². The molecule has 1 heterocycles. The van der Waals surface area contributed by atoms with Crippen molar-refractivity contribution in [1.29, 1.82) is 0 Å². The van der Waals surface area contributed by atoms with E-state index in [0.717, 1.165) is 41.9 Å². The van der Waals surface area contributed by atoms with Gasteiger partial charge < -0.3 is 5.32 Å². The molecule has 1 N–H and O–H groups in total. The molecule has 0 fully saturated rings. The minimum Gasteiger partial charge on any atom is -0.369 e. The highest BCUT2D eigenvalue weighted by Gasteiger charge is 2.31. The highest BCUT2D eigenvalue weighted by molar-refractivity contribution is 5.92. The molecule has 34 heavy (non-hydrogen) atoms. The van der Waals surface area contributed by atoms with Crippen molar-refractivity contribution in [3.63, 3.8) is 0 Å². The largest absolute Gasteiger partial charge is 0.416 e. The molecule has 0 aliphatic carbocycles. The van der Waals surface area contributed by atoms with Gasteiger partial charge in [-0.25, -0.2) is 9.97 Å². The van der Waals surface area contributed by atoms with Crippen LogP contribution in [0.15, 0.2) is 66.7 Å². The molecule has 4 aromatic rings. The maximum absolute atomic E-state index is 13.8. The normalized spacial score (nSPS) is 11.9. The quantitative estimate of drug-likeness (QED) is 0.281. The highest BCUT2D eigenvalue weighted by atomic mass is 19.4. The molecule has 0 atom stereocenters. The topological polar surface area (TPSA) is 37.8 Å². The van der Waals surface area contributed by atoms with Gasteiger partial charge >= 0.3 is 6.18 Å². The first-order valence-corrected chi connectivity index (χ1v) is 11.5. The van der Waals surface area contributed by atoms with Gasteiger partial charge in [0, 0.05) is 17.5 Å². The molecule has 0 spiro atoms. The number of hydrogen-bond acceptors (Lipinski definition) is 3. The van der Waals surface area contributed by atoms with Crippen molar-refractivity contribution in [2.75, 3.05) is 11.9 Å². The summed E-state index contributed by atoms with van der Waals surface area (Å²) in [6.07, 6.45) is -2.42. The van der Waals surface area contributed by atoms with Crippen LogP contribution in [0.25, 0.3) is 33.4 Å². The number of nitrogens with one attached hydrogen (secondary N) is 1. The van der Waals surface area contributed by atoms with E-state index in [0.29, 0.717) is 28.4 Å². The number of nitrogens with zero attached hydrogens (tertiary/aromatic N) is 2. The van der Waals surface area contributed by atoms with E-state index in [9.17, 15) is 13.2 Å². The summed E-state index contributed by atoms with van der Waals surface area (Å²) < 4.78 is 41.4. The molecule has 3 nitrogen and oxygen atoms in total. The molecule has 176 valence electrons. The van der Waals surface area contributed by atoms with E-state index in [1.165, 1.54) is 6.07 Å². The lowest BCUT2D eigenvalue weighted by Crippen LogP contribution is -2.08. The Labute approximate surface area is 198 Å². The third-order valence-electron chi connectivity index (χ3n) is 5.80. The molecule has 4 rings (SSSR count). The van der Waals surface area contributed by atoms with Crippen LogP contribution >= 0.6 is 0 Å². The molecule has 0 aliphatic rings. The van der Waals surface area contributed by atoms with E-state index in [1.54, 1.807) is 18.2 Å². The number of alkyl halides is 3. The van der Waals surface area contributed by atoms with Crippen molar-refractivity contribution in [1.82, 2.24) is 9.97 Å². The number of fused-ring (bicyclic) bond motifs is 1. The maximum atomic E-state index is 13.8. The van der Waals surface area contributed by atoms with E-state index in [1.807, 2.05) is 43.3 Å². The van der Waals surface area contributed by atoms with Gasteiger partial charge in [-0.05, 0) is 66.6 Å². The van der Waals surface area contributed by atoms with Gasteiger partial charge in [0.2, 0.25) is 0 Å². The SMILES string of the molecule is Cc1cccc2c(NCCCC(C)C)nc(-c3cc(-c4ccccc4)cc(C(F)(F)F)c3)nc12. The minimum absolute atomic E-state index is 0.274. The maximum Gasteiger partial charge on any atom is 0.416 e. The first-order chi connectivity index (χ1) is 16.2. The number of anilines is 1. The third kappa shape index (κ3) is 5.38. The number of aromatic nitrogens is 2. The molecule has 0 radical (unpaired) electrons. The Bertz CT molecular complexity index is 1280. The van der Waals surface area contributed by atoms with Crippen molar-refractivity contribution in [2.24, 2.45) is 5.92 Å². The summed E-state index contributed by atoms with van der Waals surface area (Å²) in [6, 6.07) is 18.9. The van der Waals surface area contributed by atoms with Crippen molar-refractivity contribution in [3.05, 3.63) is 77.9 Å². The molecule has 0 aliphatic heterocycles. The van der Waals surface area contributed by atoms with Crippen LogP contribution in [0.4, 0.5) is 19.0 Å². The number of para-hydroxylation sites is 1. The van der Waals surface area contributed by atoms with Crippen LogP contribution in [-0.2, 0) is 6.18 Å². The van der Waals surface area contributed by atoms with Crippen LogP contribution in [0.3, 0.4) is 0 Å². The molecule has 0 amide bonds. The van der Waals surface area contributed by atoms with Crippen molar-refractivity contribution in [3.8, 4) is 22.5 Å². The second kappa shape index (κ2) is 9.84. The van der Waals surface area contributed by atoms with Crippen LogP contribution in [0, 0.1) is 12.8 Å². The summed E-state index contributed by atoms with van der Waals surface area (Å²) in [6.45, 7) is 7.04. The summed E-state index contributed by atoms with van der Waals surface area (Å²) in [7, 11) is 0. The second-order valence-electron chi connectivity index (χ2n) is 8.99. The lowest BCUT2D eigenvalue weighted by Gasteiger charge is -2.15. The van der Waals surface area contributed by atoms with Crippen LogP contribution in [-0.4, -0.2) is 16.5 Å². The first-order valence-electron chi connectivity index (χ1n) is 11.5. The average molecular weight is 464 g/mol. The average Bonchev–Trinajstić information content (AvgIpc) is 2.81. The molecular formula is C28H28F3N3. The summed E-state index contributed by atoms with van der Waals surface area (Å²) in [5.41, 5.74) is 2.48. The monoisotopic (exact) mass is 463 g/mol. The van der Waals surface area contributed by atoms with Gasteiger partial charge in [-0.15, -0.1) is 0 Å². The van der Waals surface area contributed by atoms with Crippen molar-refractivity contribution >= 4 is 16.7 Å². The van der Waals surface area contributed by atoms with E-state index < -0.39 is 11.7 Å². The molecule has 0 bridgehead atoms. The third-order valence-corrected chi connectivity index (χ3v) is 5.80. The van der Waals surface area contributed by atoms with Crippen molar-refractivity contribution in [2.45, 2.75) is 39.8 Å². The zero-order valence-electron chi connectivity index (χ0n) is 19.6. The number of benzene rings is 3. The molecule has 1 aromatic heterocycles. The highest BCUT2D eigenvalue weighted by Crippen LogP contribution is 2.36.